The molecule has 0 fully saturated rings. The van der Waals surface area contributed by atoms with Crippen molar-refractivity contribution in [3.63, 3.8) is 0 Å². The van der Waals surface area contributed by atoms with Crippen molar-refractivity contribution in [3.05, 3.63) is 0 Å². The van der Waals surface area contributed by atoms with Crippen LogP contribution in [0, 0.1) is 0 Å². The molecule has 0 saturated heterocycles. The van der Waals surface area contributed by atoms with Crippen LogP contribution in [0.2, 0.25) is 0 Å². The zero-order valence-corrected chi connectivity index (χ0v) is 19.4. The van der Waals surface area contributed by atoms with Gasteiger partial charge < -0.3 is 14.2 Å². The molecule has 0 aliphatic heterocycles. The van der Waals surface area contributed by atoms with Crippen LogP contribution < -0.4 is 0 Å². The van der Waals surface area contributed by atoms with E-state index in [2.05, 4.69) is 6.92 Å². The minimum atomic E-state index is -4.62. The molecule has 0 amide bonds. The Labute approximate surface area is 181 Å². The number of Topliss-reactive ketones (excluding diaryl/α,β-unsaturated/α-hetero) is 1. The molecule has 0 aromatic heterocycles. The normalized spacial score (nSPS) is 12.6. The second kappa shape index (κ2) is 18.7. The van der Waals surface area contributed by atoms with Gasteiger partial charge in [-0.25, -0.2) is 0 Å². The molecule has 8 nitrogen and oxygen atoms in total. The van der Waals surface area contributed by atoms with E-state index in [4.69, 9.17) is 18.8 Å². The van der Waals surface area contributed by atoms with Gasteiger partial charge in [0.1, 0.15) is 6.61 Å². The van der Waals surface area contributed by atoms with E-state index in [1.807, 2.05) is 0 Å². The lowest BCUT2D eigenvalue weighted by Crippen LogP contribution is -2.31. The Morgan fingerprint density at radius 1 is 0.767 bits per heavy atom. The number of unbranched alkanes of at least 4 members (excludes halogenated alkanes) is 9. The number of hydrogen-bond donors (Lipinski definition) is 1. The average molecular weight is 453 g/mol. The van der Waals surface area contributed by atoms with Crippen LogP contribution in [-0.4, -0.2) is 63.0 Å². The fourth-order valence-corrected chi connectivity index (χ4v) is 3.66. The van der Waals surface area contributed by atoms with Gasteiger partial charge in [-0.2, -0.15) is 8.42 Å². The molecular weight excluding hydrogens is 412 g/mol. The summed E-state index contributed by atoms with van der Waals surface area (Å²) in [6, 6.07) is 0. The molecule has 30 heavy (non-hydrogen) atoms. The third-order valence-corrected chi connectivity index (χ3v) is 5.89. The molecule has 1 N–H and O–H groups in total. The first-order valence-electron chi connectivity index (χ1n) is 11.1. The third-order valence-electron chi connectivity index (χ3n) is 4.67. The van der Waals surface area contributed by atoms with E-state index in [1.54, 1.807) is 0 Å². The van der Waals surface area contributed by atoms with Crippen molar-refractivity contribution in [2.45, 2.75) is 89.7 Å². The molecule has 0 rings (SSSR count). The average Bonchev–Trinajstić information content (AvgIpc) is 2.67. The second-order valence-corrected chi connectivity index (χ2v) is 9.04. The molecule has 1 unspecified atom stereocenters. The van der Waals surface area contributed by atoms with Gasteiger partial charge in [0.15, 0.2) is 11.0 Å². The molecule has 0 aromatic rings. The van der Waals surface area contributed by atoms with Gasteiger partial charge in [0, 0.05) is 6.61 Å². The van der Waals surface area contributed by atoms with Crippen molar-refractivity contribution < 1.29 is 36.8 Å². The molecule has 9 heteroatoms. The van der Waals surface area contributed by atoms with Gasteiger partial charge in [-0.3, -0.25) is 14.1 Å². The molecule has 0 spiro atoms. The maximum Gasteiger partial charge on any atom is 0.307 e. The zero-order chi connectivity index (χ0) is 22.7. The minimum absolute atomic E-state index is 0.0621. The van der Waals surface area contributed by atoms with Crippen molar-refractivity contribution in [1.82, 2.24) is 0 Å². The first-order chi connectivity index (χ1) is 14.3. The van der Waals surface area contributed by atoms with Crippen LogP contribution in [-0.2, 0) is 33.9 Å². The number of carbonyl (C=O) groups is 2. The summed E-state index contributed by atoms with van der Waals surface area (Å²) in [5.41, 5.74) is 0. The molecule has 0 heterocycles. The summed E-state index contributed by atoms with van der Waals surface area (Å²) in [6.07, 6.45) is 12.1. The van der Waals surface area contributed by atoms with E-state index < -0.39 is 33.5 Å². The monoisotopic (exact) mass is 452 g/mol. The van der Waals surface area contributed by atoms with Crippen LogP contribution in [0.4, 0.5) is 0 Å². The molecule has 0 bridgehead atoms. The smallest absolute Gasteiger partial charge is 0.307 e. The van der Waals surface area contributed by atoms with Crippen molar-refractivity contribution in [2.24, 2.45) is 0 Å². The van der Waals surface area contributed by atoms with Crippen LogP contribution >= 0.6 is 0 Å². The van der Waals surface area contributed by atoms with Crippen LogP contribution in [0.15, 0.2) is 0 Å². The number of rotatable bonds is 21. The SMILES string of the molecule is CCCCCCCCCCCCOCCOCCOC(=O)CC(C(C)=O)S(=O)(=O)O. The molecule has 0 aliphatic carbocycles. The summed E-state index contributed by atoms with van der Waals surface area (Å²) in [5.74, 6) is -1.70. The first kappa shape index (κ1) is 29.0. The van der Waals surface area contributed by atoms with Gasteiger partial charge in [-0.15, -0.1) is 0 Å². The summed E-state index contributed by atoms with van der Waals surface area (Å²) in [7, 11) is -4.62. The van der Waals surface area contributed by atoms with Crippen LogP contribution in [0.25, 0.3) is 0 Å². The minimum Gasteiger partial charge on any atom is -0.463 e. The fraction of sp³-hybridized carbons (Fsp3) is 0.905. The molecule has 0 aliphatic rings. The summed E-state index contributed by atoms with van der Waals surface area (Å²) >= 11 is 0. The molecule has 0 radical (unpaired) electrons. The van der Waals surface area contributed by atoms with Gasteiger partial charge in [-0.1, -0.05) is 64.7 Å². The van der Waals surface area contributed by atoms with Crippen LogP contribution in [0.3, 0.4) is 0 Å². The maximum atomic E-state index is 11.5. The first-order valence-corrected chi connectivity index (χ1v) is 12.6. The van der Waals surface area contributed by atoms with Gasteiger partial charge in [-0.05, 0) is 13.3 Å². The lowest BCUT2D eigenvalue weighted by Gasteiger charge is -2.10. The Hall–Kier alpha value is -1.03. The highest BCUT2D eigenvalue weighted by Crippen LogP contribution is 2.10. The Morgan fingerprint density at radius 3 is 1.73 bits per heavy atom. The molecule has 178 valence electrons. The zero-order valence-electron chi connectivity index (χ0n) is 18.6. The van der Waals surface area contributed by atoms with E-state index >= 15 is 0 Å². The van der Waals surface area contributed by atoms with E-state index in [0.717, 1.165) is 13.3 Å². The highest BCUT2D eigenvalue weighted by atomic mass is 32.2. The standard InChI is InChI=1S/C21H40O8S/c1-3-4-5-6-7-8-9-10-11-12-13-27-14-15-28-16-17-29-21(23)18-20(19(2)22)30(24,25)26/h20H,3-18H2,1-2H3,(H,24,25,26). The van der Waals surface area contributed by atoms with E-state index in [9.17, 15) is 18.0 Å². The number of carbonyl (C=O) groups excluding carboxylic acids is 2. The van der Waals surface area contributed by atoms with Gasteiger partial charge in [0.25, 0.3) is 10.1 Å². The highest BCUT2D eigenvalue weighted by molar-refractivity contribution is 7.87. The Morgan fingerprint density at radius 2 is 1.23 bits per heavy atom. The lowest BCUT2D eigenvalue weighted by molar-refractivity contribution is -0.146. The van der Waals surface area contributed by atoms with Crippen LogP contribution in [0.5, 0.6) is 0 Å². The highest BCUT2D eigenvalue weighted by Gasteiger charge is 2.31. The summed E-state index contributed by atoms with van der Waals surface area (Å²) in [4.78, 5) is 22.7. The van der Waals surface area contributed by atoms with Crippen LogP contribution in [0.1, 0.15) is 84.5 Å². The van der Waals surface area contributed by atoms with E-state index in [1.165, 1.54) is 57.8 Å². The Balaban J connectivity index is 3.42. The lowest BCUT2D eigenvalue weighted by atomic mass is 10.1. The third kappa shape index (κ3) is 17.8. The van der Waals surface area contributed by atoms with Crippen molar-refractivity contribution in [1.29, 1.82) is 0 Å². The second-order valence-electron chi connectivity index (χ2n) is 7.45. The number of ketones is 1. The van der Waals surface area contributed by atoms with Crippen molar-refractivity contribution in [2.75, 3.05) is 33.0 Å². The summed E-state index contributed by atoms with van der Waals surface area (Å²) < 4.78 is 46.5. The Bertz CT molecular complexity index is 547. The van der Waals surface area contributed by atoms with Gasteiger partial charge in [0.05, 0.1) is 26.2 Å². The largest absolute Gasteiger partial charge is 0.463 e. The Kier molecular flexibility index (Phi) is 18.1. The number of ether oxygens (including phenoxy) is 3. The van der Waals surface area contributed by atoms with Gasteiger partial charge >= 0.3 is 5.97 Å². The molecule has 0 saturated carbocycles. The molecular formula is C21H40O8S. The summed E-state index contributed by atoms with van der Waals surface area (Å²) in [5, 5.41) is -1.79. The molecule has 1 atom stereocenters. The van der Waals surface area contributed by atoms with Crippen molar-refractivity contribution >= 4 is 21.9 Å². The predicted octanol–water partition coefficient (Wildman–Crippen LogP) is 3.72. The van der Waals surface area contributed by atoms with E-state index in [-0.39, 0.29) is 13.2 Å². The summed E-state index contributed by atoms with van der Waals surface area (Å²) in [6.45, 7) is 4.84. The number of hydrogen-bond acceptors (Lipinski definition) is 7. The van der Waals surface area contributed by atoms with E-state index in [0.29, 0.717) is 19.8 Å². The maximum absolute atomic E-state index is 11.5. The topological polar surface area (TPSA) is 116 Å². The van der Waals surface area contributed by atoms with Crippen molar-refractivity contribution in [3.8, 4) is 0 Å². The quantitative estimate of drug-likeness (QED) is 0.159. The molecule has 0 aromatic carbocycles. The number of esters is 1. The fourth-order valence-electron chi connectivity index (χ4n) is 2.90. The van der Waals surface area contributed by atoms with Gasteiger partial charge in [0.2, 0.25) is 0 Å². The predicted molar refractivity (Wildman–Crippen MR) is 115 cm³/mol.